The summed E-state index contributed by atoms with van der Waals surface area (Å²) in [5.74, 6) is 0.922. The number of fused-ring (bicyclic) bond motifs is 1. The standard InChI is InChI=1S/C26H28N2O3/c1-19-15-21(18-29)16-20(2)26(19)28-12-10-27(11-13-28)25(30)9-14-31-24-8-7-22-5-3-4-6-23(22)17-24/h3-8,15-18H,9-14H2,1-2H3. The Bertz CT molecular complexity index is 1080. The Labute approximate surface area is 183 Å². The van der Waals surface area contributed by atoms with E-state index in [1.54, 1.807) is 0 Å². The normalized spacial score (nSPS) is 14.0. The topological polar surface area (TPSA) is 49.9 Å². The molecule has 0 N–H and O–H groups in total. The van der Waals surface area contributed by atoms with Crippen LogP contribution in [0.25, 0.3) is 10.8 Å². The van der Waals surface area contributed by atoms with E-state index >= 15 is 0 Å². The number of amides is 1. The summed E-state index contributed by atoms with van der Waals surface area (Å²) < 4.78 is 5.83. The molecule has 5 nitrogen and oxygen atoms in total. The number of hydrogen-bond acceptors (Lipinski definition) is 4. The van der Waals surface area contributed by atoms with E-state index in [1.165, 1.54) is 11.1 Å². The van der Waals surface area contributed by atoms with Crippen LogP contribution < -0.4 is 9.64 Å². The Morgan fingerprint density at radius 2 is 1.61 bits per heavy atom. The molecule has 160 valence electrons. The van der Waals surface area contributed by atoms with E-state index in [0.29, 0.717) is 31.7 Å². The minimum Gasteiger partial charge on any atom is -0.493 e. The van der Waals surface area contributed by atoms with Gasteiger partial charge in [0.05, 0.1) is 13.0 Å². The molecule has 3 aromatic rings. The molecule has 0 saturated carbocycles. The van der Waals surface area contributed by atoms with Gasteiger partial charge >= 0.3 is 0 Å². The van der Waals surface area contributed by atoms with Crippen molar-refractivity contribution in [3.8, 4) is 5.75 Å². The van der Waals surface area contributed by atoms with Gasteiger partial charge in [0.1, 0.15) is 12.0 Å². The molecule has 1 heterocycles. The lowest BCUT2D eigenvalue weighted by atomic mass is 10.0. The highest BCUT2D eigenvalue weighted by molar-refractivity contribution is 5.83. The van der Waals surface area contributed by atoms with Crippen molar-refractivity contribution in [2.75, 3.05) is 37.7 Å². The van der Waals surface area contributed by atoms with Crippen LogP contribution in [0.15, 0.2) is 54.6 Å². The summed E-state index contributed by atoms with van der Waals surface area (Å²) in [5, 5.41) is 2.31. The van der Waals surface area contributed by atoms with Crippen LogP contribution in [-0.2, 0) is 4.79 Å². The number of aryl methyl sites for hydroxylation is 2. The number of aldehydes is 1. The van der Waals surface area contributed by atoms with Gasteiger partial charge in [-0.25, -0.2) is 0 Å². The molecule has 0 unspecified atom stereocenters. The van der Waals surface area contributed by atoms with Gasteiger partial charge in [0.2, 0.25) is 5.91 Å². The first-order valence-electron chi connectivity index (χ1n) is 10.8. The molecule has 0 spiro atoms. The van der Waals surface area contributed by atoms with Crippen molar-refractivity contribution in [2.45, 2.75) is 20.3 Å². The van der Waals surface area contributed by atoms with Crippen LogP contribution in [0.2, 0.25) is 0 Å². The van der Waals surface area contributed by atoms with Crippen LogP contribution in [-0.4, -0.2) is 49.9 Å². The zero-order valence-electron chi connectivity index (χ0n) is 18.1. The molecule has 1 aliphatic rings. The molecule has 0 radical (unpaired) electrons. The van der Waals surface area contributed by atoms with Gasteiger partial charge in [-0.15, -0.1) is 0 Å². The van der Waals surface area contributed by atoms with Crippen LogP contribution in [0, 0.1) is 13.8 Å². The van der Waals surface area contributed by atoms with E-state index in [2.05, 4.69) is 17.0 Å². The van der Waals surface area contributed by atoms with Crippen molar-refractivity contribution in [1.29, 1.82) is 0 Å². The Morgan fingerprint density at radius 3 is 2.29 bits per heavy atom. The molecule has 0 bridgehead atoms. The van der Waals surface area contributed by atoms with Gasteiger partial charge < -0.3 is 14.5 Å². The molecule has 0 aromatic heterocycles. The van der Waals surface area contributed by atoms with Gasteiger partial charge in [-0.2, -0.15) is 0 Å². The van der Waals surface area contributed by atoms with E-state index in [-0.39, 0.29) is 5.91 Å². The number of ether oxygens (including phenoxy) is 1. The minimum atomic E-state index is 0.130. The Morgan fingerprint density at radius 1 is 0.935 bits per heavy atom. The first kappa shape index (κ1) is 20.9. The molecular formula is C26H28N2O3. The van der Waals surface area contributed by atoms with Crippen molar-refractivity contribution < 1.29 is 14.3 Å². The Hall–Kier alpha value is -3.34. The first-order valence-corrected chi connectivity index (χ1v) is 10.8. The lowest BCUT2D eigenvalue weighted by Gasteiger charge is -2.37. The number of benzene rings is 3. The summed E-state index contributed by atoms with van der Waals surface area (Å²) in [7, 11) is 0. The Balaban J connectivity index is 1.29. The number of carbonyl (C=O) groups excluding carboxylic acids is 2. The van der Waals surface area contributed by atoms with Gasteiger partial charge in [0.15, 0.2) is 0 Å². The van der Waals surface area contributed by atoms with Crippen molar-refractivity contribution >= 4 is 28.7 Å². The first-order chi connectivity index (χ1) is 15.0. The van der Waals surface area contributed by atoms with Crippen molar-refractivity contribution in [2.24, 2.45) is 0 Å². The largest absolute Gasteiger partial charge is 0.493 e. The second kappa shape index (κ2) is 9.21. The highest BCUT2D eigenvalue weighted by Crippen LogP contribution is 2.27. The van der Waals surface area contributed by atoms with E-state index < -0.39 is 0 Å². The smallest absolute Gasteiger partial charge is 0.226 e. The second-order valence-electron chi connectivity index (χ2n) is 8.10. The third kappa shape index (κ3) is 4.71. The lowest BCUT2D eigenvalue weighted by molar-refractivity contribution is -0.132. The molecule has 1 saturated heterocycles. The number of rotatable bonds is 6. The van der Waals surface area contributed by atoms with Gasteiger partial charge in [0, 0.05) is 37.4 Å². The maximum atomic E-state index is 12.6. The van der Waals surface area contributed by atoms with E-state index in [0.717, 1.165) is 41.6 Å². The molecule has 5 heteroatoms. The predicted octanol–water partition coefficient (Wildman–Crippen LogP) is 4.39. The van der Waals surface area contributed by atoms with Crippen LogP contribution in [0.1, 0.15) is 27.9 Å². The molecule has 0 aliphatic carbocycles. The summed E-state index contributed by atoms with van der Waals surface area (Å²) >= 11 is 0. The number of piperazine rings is 1. The molecule has 31 heavy (non-hydrogen) atoms. The highest BCUT2D eigenvalue weighted by Gasteiger charge is 2.23. The zero-order valence-corrected chi connectivity index (χ0v) is 18.1. The molecule has 0 atom stereocenters. The fourth-order valence-corrected chi connectivity index (χ4v) is 4.41. The SMILES string of the molecule is Cc1cc(C=O)cc(C)c1N1CCN(C(=O)CCOc2ccc3ccccc3c2)CC1. The maximum Gasteiger partial charge on any atom is 0.226 e. The van der Waals surface area contributed by atoms with Crippen LogP contribution in [0.4, 0.5) is 5.69 Å². The van der Waals surface area contributed by atoms with Crippen LogP contribution in [0.5, 0.6) is 5.75 Å². The summed E-state index contributed by atoms with van der Waals surface area (Å²) in [6.45, 7) is 7.43. The van der Waals surface area contributed by atoms with Gasteiger partial charge in [-0.05, 0) is 60.0 Å². The third-order valence-electron chi connectivity index (χ3n) is 5.90. The molecule has 1 aliphatic heterocycles. The molecule has 1 amide bonds. The molecule has 3 aromatic carbocycles. The second-order valence-corrected chi connectivity index (χ2v) is 8.10. The highest BCUT2D eigenvalue weighted by atomic mass is 16.5. The predicted molar refractivity (Wildman–Crippen MR) is 124 cm³/mol. The minimum absolute atomic E-state index is 0.130. The average Bonchev–Trinajstić information content (AvgIpc) is 2.79. The molecule has 1 fully saturated rings. The number of anilines is 1. The quantitative estimate of drug-likeness (QED) is 0.560. The Kier molecular flexibility index (Phi) is 6.21. The maximum absolute atomic E-state index is 12.6. The van der Waals surface area contributed by atoms with Gasteiger partial charge in [-0.3, -0.25) is 9.59 Å². The summed E-state index contributed by atoms with van der Waals surface area (Å²) in [4.78, 5) is 28.0. The van der Waals surface area contributed by atoms with Gasteiger partial charge in [-0.1, -0.05) is 30.3 Å². The summed E-state index contributed by atoms with van der Waals surface area (Å²) in [5.41, 5.74) is 4.09. The third-order valence-corrected chi connectivity index (χ3v) is 5.90. The van der Waals surface area contributed by atoms with E-state index in [1.807, 2.05) is 61.2 Å². The van der Waals surface area contributed by atoms with Gasteiger partial charge in [0.25, 0.3) is 0 Å². The number of nitrogens with zero attached hydrogens (tertiary/aromatic N) is 2. The van der Waals surface area contributed by atoms with Crippen molar-refractivity contribution in [1.82, 2.24) is 4.90 Å². The molecule has 4 rings (SSSR count). The zero-order chi connectivity index (χ0) is 21.8. The monoisotopic (exact) mass is 416 g/mol. The van der Waals surface area contributed by atoms with Crippen molar-refractivity contribution in [3.05, 3.63) is 71.3 Å². The lowest BCUT2D eigenvalue weighted by Crippen LogP contribution is -2.49. The average molecular weight is 417 g/mol. The fourth-order valence-electron chi connectivity index (χ4n) is 4.41. The number of hydrogen-bond donors (Lipinski definition) is 0. The summed E-state index contributed by atoms with van der Waals surface area (Å²) in [6.07, 6.45) is 1.26. The number of carbonyl (C=O) groups is 2. The summed E-state index contributed by atoms with van der Waals surface area (Å²) in [6, 6.07) is 18.0. The van der Waals surface area contributed by atoms with E-state index in [9.17, 15) is 9.59 Å². The van der Waals surface area contributed by atoms with Crippen LogP contribution >= 0.6 is 0 Å². The molecular weight excluding hydrogens is 388 g/mol. The fraction of sp³-hybridized carbons (Fsp3) is 0.308. The van der Waals surface area contributed by atoms with Crippen molar-refractivity contribution in [3.63, 3.8) is 0 Å². The van der Waals surface area contributed by atoms with E-state index in [4.69, 9.17) is 4.74 Å². The van der Waals surface area contributed by atoms with Crippen LogP contribution in [0.3, 0.4) is 0 Å².